The van der Waals surface area contributed by atoms with Crippen molar-refractivity contribution in [3.8, 4) is 0 Å². The molecule has 1 saturated heterocycles. The van der Waals surface area contributed by atoms with Gasteiger partial charge in [-0.3, -0.25) is 4.79 Å². The van der Waals surface area contributed by atoms with Crippen molar-refractivity contribution < 1.29 is 9.53 Å². The number of carbonyl (C=O) groups excluding carboxylic acids is 1. The molecule has 0 aromatic rings. The predicted octanol–water partition coefficient (Wildman–Crippen LogP) is 0.399. The van der Waals surface area contributed by atoms with Gasteiger partial charge in [0, 0.05) is 20.1 Å². The lowest BCUT2D eigenvalue weighted by Gasteiger charge is -2.27. The first-order valence-electron chi connectivity index (χ1n) is 5.42. The number of nitrogens with zero attached hydrogens (tertiary/aromatic N) is 1. The zero-order chi connectivity index (χ0) is 11.1. The number of hydrogen-bond donors (Lipinski definition) is 1. The number of likely N-dealkylation sites (N-methyl/N-ethyl adjacent to an activating group) is 1. The molecule has 15 heavy (non-hydrogen) atoms. The van der Waals surface area contributed by atoms with Crippen molar-refractivity contribution in [1.29, 1.82) is 0 Å². The fraction of sp³-hybridized carbons (Fsp3) is 0.727. The maximum Gasteiger partial charge on any atom is 0.241 e. The Hall–Kier alpha value is -0.870. The van der Waals surface area contributed by atoms with E-state index < -0.39 is 0 Å². The third-order valence-corrected chi connectivity index (χ3v) is 2.50. The van der Waals surface area contributed by atoms with Crippen LogP contribution in [0.2, 0.25) is 0 Å². The summed E-state index contributed by atoms with van der Waals surface area (Å²) in [6, 6.07) is -0.160. The van der Waals surface area contributed by atoms with E-state index >= 15 is 0 Å². The van der Waals surface area contributed by atoms with Crippen LogP contribution in [-0.2, 0) is 9.53 Å². The molecule has 4 heteroatoms. The van der Waals surface area contributed by atoms with Gasteiger partial charge in [-0.05, 0) is 12.8 Å². The molecule has 1 atom stereocenters. The van der Waals surface area contributed by atoms with Gasteiger partial charge in [-0.1, -0.05) is 6.08 Å². The Balaban J connectivity index is 2.27. The first-order chi connectivity index (χ1) is 7.25. The summed E-state index contributed by atoms with van der Waals surface area (Å²) in [4.78, 5) is 13.6. The lowest BCUT2D eigenvalue weighted by molar-refractivity contribution is -0.135. The molecule has 1 N–H and O–H groups in total. The van der Waals surface area contributed by atoms with Gasteiger partial charge in [0.25, 0.3) is 0 Å². The maximum atomic E-state index is 11.8. The van der Waals surface area contributed by atoms with E-state index in [4.69, 9.17) is 4.74 Å². The summed E-state index contributed by atoms with van der Waals surface area (Å²) in [6.07, 6.45) is 3.80. The standard InChI is InChI=1S/C11H20N2O2/c1-3-4-5-7-13(2)11(14)10-9-15-8-6-12-10/h3,10,12H,1,4-9H2,2H3. The van der Waals surface area contributed by atoms with E-state index in [0.717, 1.165) is 25.9 Å². The molecule has 0 saturated carbocycles. The Morgan fingerprint density at radius 3 is 3.13 bits per heavy atom. The van der Waals surface area contributed by atoms with Crippen molar-refractivity contribution in [2.45, 2.75) is 18.9 Å². The van der Waals surface area contributed by atoms with Gasteiger partial charge in [0.15, 0.2) is 0 Å². The summed E-state index contributed by atoms with van der Waals surface area (Å²) in [6.45, 7) is 6.39. The molecule has 1 amide bonds. The number of rotatable bonds is 5. The van der Waals surface area contributed by atoms with Gasteiger partial charge < -0.3 is 15.0 Å². The van der Waals surface area contributed by atoms with Crippen molar-refractivity contribution in [2.75, 3.05) is 33.4 Å². The molecule has 1 heterocycles. The minimum absolute atomic E-state index is 0.124. The van der Waals surface area contributed by atoms with Crippen LogP contribution < -0.4 is 5.32 Å². The van der Waals surface area contributed by atoms with Gasteiger partial charge >= 0.3 is 0 Å². The predicted molar refractivity (Wildman–Crippen MR) is 59.7 cm³/mol. The Morgan fingerprint density at radius 2 is 2.53 bits per heavy atom. The minimum Gasteiger partial charge on any atom is -0.378 e. The van der Waals surface area contributed by atoms with Crippen molar-refractivity contribution in [1.82, 2.24) is 10.2 Å². The SMILES string of the molecule is C=CCCCN(C)C(=O)C1COCCN1. The molecule has 0 aliphatic carbocycles. The van der Waals surface area contributed by atoms with Crippen LogP contribution in [0.15, 0.2) is 12.7 Å². The normalized spacial score (nSPS) is 21.0. The van der Waals surface area contributed by atoms with Gasteiger partial charge in [0.2, 0.25) is 5.91 Å². The van der Waals surface area contributed by atoms with E-state index in [1.165, 1.54) is 0 Å². The van der Waals surface area contributed by atoms with Crippen LogP contribution in [0.3, 0.4) is 0 Å². The molecule has 86 valence electrons. The third kappa shape index (κ3) is 4.01. The van der Waals surface area contributed by atoms with Crippen molar-refractivity contribution in [3.63, 3.8) is 0 Å². The van der Waals surface area contributed by atoms with Gasteiger partial charge in [-0.15, -0.1) is 6.58 Å². The van der Waals surface area contributed by atoms with Crippen molar-refractivity contribution in [2.24, 2.45) is 0 Å². The zero-order valence-corrected chi connectivity index (χ0v) is 9.37. The lowest BCUT2D eigenvalue weighted by Crippen LogP contribution is -2.51. The molecule has 0 aromatic carbocycles. The topological polar surface area (TPSA) is 41.6 Å². The number of allylic oxidation sites excluding steroid dienone is 1. The van der Waals surface area contributed by atoms with Crippen LogP contribution >= 0.6 is 0 Å². The molecule has 1 unspecified atom stereocenters. The van der Waals surface area contributed by atoms with E-state index in [9.17, 15) is 4.79 Å². The van der Waals surface area contributed by atoms with Crippen LogP contribution in [0, 0.1) is 0 Å². The highest BCUT2D eigenvalue weighted by Crippen LogP contribution is 2.00. The highest BCUT2D eigenvalue weighted by atomic mass is 16.5. The molecular weight excluding hydrogens is 192 g/mol. The maximum absolute atomic E-state index is 11.8. The van der Waals surface area contributed by atoms with Crippen LogP contribution in [0.5, 0.6) is 0 Å². The van der Waals surface area contributed by atoms with E-state index in [0.29, 0.717) is 13.2 Å². The fourth-order valence-corrected chi connectivity index (χ4v) is 1.57. The number of unbranched alkanes of at least 4 members (excludes halogenated alkanes) is 1. The smallest absolute Gasteiger partial charge is 0.241 e. The molecule has 0 radical (unpaired) electrons. The minimum atomic E-state index is -0.160. The largest absolute Gasteiger partial charge is 0.378 e. The summed E-state index contributed by atoms with van der Waals surface area (Å²) < 4.78 is 5.25. The molecule has 1 rings (SSSR count). The molecule has 1 fully saturated rings. The lowest BCUT2D eigenvalue weighted by atomic mass is 10.2. The molecule has 0 spiro atoms. The second kappa shape index (κ2) is 6.58. The zero-order valence-electron chi connectivity index (χ0n) is 9.37. The molecule has 1 aliphatic heterocycles. The summed E-state index contributed by atoms with van der Waals surface area (Å²) >= 11 is 0. The number of nitrogens with one attached hydrogen (secondary N) is 1. The van der Waals surface area contributed by atoms with Crippen LogP contribution in [0.4, 0.5) is 0 Å². The molecule has 4 nitrogen and oxygen atoms in total. The number of amides is 1. The second-order valence-electron chi connectivity index (χ2n) is 3.77. The van der Waals surface area contributed by atoms with E-state index in [-0.39, 0.29) is 11.9 Å². The summed E-state index contributed by atoms with van der Waals surface area (Å²) in [7, 11) is 1.84. The second-order valence-corrected chi connectivity index (χ2v) is 3.77. The average Bonchev–Trinajstić information content (AvgIpc) is 2.29. The molecule has 0 aromatic heterocycles. The van der Waals surface area contributed by atoms with Crippen LogP contribution in [0.1, 0.15) is 12.8 Å². The molecular formula is C11H20N2O2. The van der Waals surface area contributed by atoms with Gasteiger partial charge in [0.1, 0.15) is 6.04 Å². The number of ether oxygens (including phenoxy) is 1. The van der Waals surface area contributed by atoms with Crippen molar-refractivity contribution in [3.05, 3.63) is 12.7 Å². The van der Waals surface area contributed by atoms with E-state index in [1.54, 1.807) is 4.90 Å². The van der Waals surface area contributed by atoms with Gasteiger partial charge in [-0.2, -0.15) is 0 Å². The monoisotopic (exact) mass is 212 g/mol. The quantitative estimate of drug-likeness (QED) is 0.530. The van der Waals surface area contributed by atoms with Crippen LogP contribution in [0.25, 0.3) is 0 Å². The van der Waals surface area contributed by atoms with Gasteiger partial charge in [0.05, 0.1) is 13.2 Å². The van der Waals surface area contributed by atoms with Gasteiger partial charge in [-0.25, -0.2) is 0 Å². The Bertz CT molecular complexity index is 213. The number of hydrogen-bond acceptors (Lipinski definition) is 3. The Kier molecular flexibility index (Phi) is 5.36. The van der Waals surface area contributed by atoms with E-state index in [1.807, 2.05) is 13.1 Å². The third-order valence-electron chi connectivity index (χ3n) is 2.50. The first-order valence-corrected chi connectivity index (χ1v) is 5.42. The number of morpholine rings is 1. The fourth-order valence-electron chi connectivity index (χ4n) is 1.57. The Morgan fingerprint density at radius 1 is 1.73 bits per heavy atom. The van der Waals surface area contributed by atoms with Crippen LogP contribution in [-0.4, -0.2) is 50.2 Å². The Labute approximate surface area is 91.3 Å². The molecule has 1 aliphatic rings. The summed E-state index contributed by atoms with van der Waals surface area (Å²) in [5.41, 5.74) is 0. The van der Waals surface area contributed by atoms with E-state index in [2.05, 4.69) is 11.9 Å². The molecule has 0 bridgehead atoms. The highest BCUT2D eigenvalue weighted by molar-refractivity contribution is 5.81. The number of carbonyl (C=O) groups is 1. The average molecular weight is 212 g/mol. The summed E-state index contributed by atoms with van der Waals surface area (Å²) in [5.74, 6) is 0.124. The summed E-state index contributed by atoms with van der Waals surface area (Å²) in [5, 5.41) is 3.15. The first kappa shape index (κ1) is 12.2. The van der Waals surface area contributed by atoms with Crippen molar-refractivity contribution >= 4 is 5.91 Å². The highest BCUT2D eigenvalue weighted by Gasteiger charge is 2.23.